The Labute approximate surface area is 181 Å². The summed E-state index contributed by atoms with van der Waals surface area (Å²) < 4.78 is 11.2. The van der Waals surface area contributed by atoms with E-state index >= 15 is 0 Å². The van der Waals surface area contributed by atoms with Gasteiger partial charge in [0.25, 0.3) is 0 Å². The summed E-state index contributed by atoms with van der Waals surface area (Å²) in [5.41, 5.74) is 1.20. The highest BCUT2D eigenvalue weighted by molar-refractivity contribution is 14.0. The average Bonchev–Trinajstić information content (AvgIpc) is 2.66. The van der Waals surface area contributed by atoms with Gasteiger partial charge in [-0.25, -0.2) is 0 Å². The van der Waals surface area contributed by atoms with Gasteiger partial charge in [0.05, 0.1) is 33.0 Å². The van der Waals surface area contributed by atoms with Crippen LogP contribution in [0.15, 0.2) is 35.3 Å². The van der Waals surface area contributed by atoms with E-state index in [0.717, 1.165) is 45.4 Å². The van der Waals surface area contributed by atoms with Gasteiger partial charge >= 0.3 is 0 Å². The smallest absolute Gasteiger partial charge is 0.191 e. The molecule has 154 valence electrons. The van der Waals surface area contributed by atoms with Gasteiger partial charge in [-0.2, -0.15) is 0 Å². The first-order chi connectivity index (χ1) is 12.7. The number of benzene rings is 1. The van der Waals surface area contributed by atoms with E-state index in [1.165, 1.54) is 5.56 Å². The number of aliphatic imine (C=N–C) groups is 1. The Kier molecular flexibility index (Phi) is 12.6. The van der Waals surface area contributed by atoms with Gasteiger partial charge < -0.3 is 20.1 Å². The summed E-state index contributed by atoms with van der Waals surface area (Å²) in [5.74, 6) is 0.851. The molecule has 1 aliphatic heterocycles. The number of guanidine groups is 1. The molecule has 0 spiro atoms. The molecule has 2 N–H and O–H groups in total. The fourth-order valence-electron chi connectivity index (χ4n) is 3.07. The number of morpholine rings is 1. The Bertz CT molecular complexity index is 530. The zero-order chi connectivity index (χ0) is 18.6. The topological polar surface area (TPSA) is 58.1 Å². The van der Waals surface area contributed by atoms with E-state index in [4.69, 9.17) is 14.5 Å². The van der Waals surface area contributed by atoms with E-state index in [2.05, 4.69) is 48.4 Å². The molecule has 0 bridgehead atoms. The second-order valence-electron chi connectivity index (χ2n) is 6.70. The molecule has 7 heteroatoms. The van der Waals surface area contributed by atoms with Gasteiger partial charge in [0.1, 0.15) is 0 Å². The van der Waals surface area contributed by atoms with Gasteiger partial charge in [-0.1, -0.05) is 30.3 Å². The summed E-state index contributed by atoms with van der Waals surface area (Å²) in [7, 11) is 0. The average molecular weight is 490 g/mol. The van der Waals surface area contributed by atoms with E-state index in [9.17, 15) is 0 Å². The molecular weight excluding hydrogens is 455 g/mol. The molecule has 2 unspecified atom stereocenters. The van der Waals surface area contributed by atoms with E-state index in [1.54, 1.807) is 0 Å². The van der Waals surface area contributed by atoms with Crippen LogP contribution in [0.1, 0.15) is 26.3 Å². The van der Waals surface area contributed by atoms with Crippen molar-refractivity contribution in [2.45, 2.75) is 39.5 Å². The number of hydrogen-bond acceptors (Lipinski definition) is 4. The summed E-state index contributed by atoms with van der Waals surface area (Å²) in [6.45, 7) is 12.8. The Morgan fingerprint density at radius 2 is 2.11 bits per heavy atom. The molecule has 1 aromatic rings. The minimum Gasteiger partial charge on any atom is -0.379 e. The van der Waals surface area contributed by atoms with Crippen LogP contribution in [-0.2, 0) is 16.1 Å². The Morgan fingerprint density at radius 1 is 1.33 bits per heavy atom. The summed E-state index contributed by atoms with van der Waals surface area (Å²) in [6.07, 6.45) is 0. The number of ether oxygens (including phenoxy) is 2. The number of nitrogens with one attached hydrogen (secondary N) is 2. The fraction of sp³-hybridized carbons (Fsp3) is 0.650. The molecule has 2 rings (SSSR count). The van der Waals surface area contributed by atoms with E-state index in [0.29, 0.717) is 25.3 Å². The molecular formula is C20H35IN4O2. The maximum Gasteiger partial charge on any atom is 0.191 e. The molecule has 2 atom stereocenters. The third-order valence-electron chi connectivity index (χ3n) is 4.49. The third kappa shape index (κ3) is 9.23. The van der Waals surface area contributed by atoms with Crippen molar-refractivity contribution in [1.82, 2.24) is 15.5 Å². The van der Waals surface area contributed by atoms with Crippen LogP contribution in [0, 0.1) is 0 Å². The molecule has 1 aliphatic rings. The van der Waals surface area contributed by atoms with Crippen LogP contribution in [0.4, 0.5) is 0 Å². The van der Waals surface area contributed by atoms with Crippen LogP contribution in [0.2, 0.25) is 0 Å². The van der Waals surface area contributed by atoms with Gasteiger partial charge in [0.2, 0.25) is 0 Å². The highest BCUT2D eigenvalue weighted by Crippen LogP contribution is 2.10. The minimum atomic E-state index is 0. The Balaban J connectivity index is 0.00000364. The highest BCUT2D eigenvalue weighted by Gasteiger charge is 2.23. The SMILES string of the molecule is CCNC(=NCC(C)N1CCOCC1C)NCCOCc1ccccc1.I. The predicted octanol–water partition coefficient (Wildman–Crippen LogP) is 2.49. The first-order valence-corrected chi connectivity index (χ1v) is 9.68. The first-order valence-electron chi connectivity index (χ1n) is 9.68. The molecule has 1 fully saturated rings. The van der Waals surface area contributed by atoms with E-state index < -0.39 is 0 Å². The van der Waals surface area contributed by atoms with Crippen molar-refractivity contribution in [2.24, 2.45) is 4.99 Å². The van der Waals surface area contributed by atoms with E-state index in [1.807, 2.05) is 18.2 Å². The lowest BCUT2D eigenvalue weighted by Gasteiger charge is -2.37. The molecule has 0 aliphatic carbocycles. The van der Waals surface area contributed by atoms with Crippen molar-refractivity contribution in [2.75, 3.05) is 46.0 Å². The van der Waals surface area contributed by atoms with Gasteiger partial charge in [-0.3, -0.25) is 9.89 Å². The van der Waals surface area contributed by atoms with Crippen LogP contribution < -0.4 is 10.6 Å². The van der Waals surface area contributed by atoms with Crippen molar-refractivity contribution < 1.29 is 9.47 Å². The molecule has 1 saturated heterocycles. The van der Waals surface area contributed by atoms with Crippen molar-refractivity contribution in [3.8, 4) is 0 Å². The standard InChI is InChI=1S/C20H34N4O2.HI/c1-4-21-20(22-10-12-25-16-19-8-6-5-7-9-19)23-14-17(2)24-11-13-26-15-18(24)3;/h5-9,17-18H,4,10-16H2,1-3H3,(H2,21,22,23);1H. The normalized spacial score (nSPS) is 19.2. The number of halogens is 1. The molecule has 1 heterocycles. The number of rotatable bonds is 9. The lowest BCUT2D eigenvalue weighted by molar-refractivity contribution is -0.0165. The quantitative estimate of drug-likeness (QED) is 0.241. The van der Waals surface area contributed by atoms with Gasteiger partial charge in [0, 0.05) is 31.7 Å². The summed E-state index contributed by atoms with van der Waals surface area (Å²) in [6, 6.07) is 11.1. The Hall–Kier alpha value is -0.900. The van der Waals surface area contributed by atoms with Crippen molar-refractivity contribution >= 4 is 29.9 Å². The van der Waals surface area contributed by atoms with Crippen molar-refractivity contribution in [3.63, 3.8) is 0 Å². The third-order valence-corrected chi connectivity index (χ3v) is 4.49. The van der Waals surface area contributed by atoms with Crippen LogP contribution in [0.5, 0.6) is 0 Å². The van der Waals surface area contributed by atoms with Crippen LogP contribution >= 0.6 is 24.0 Å². The van der Waals surface area contributed by atoms with Gasteiger partial charge in [-0.15, -0.1) is 24.0 Å². The van der Waals surface area contributed by atoms with Crippen LogP contribution in [0.3, 0.4) is 0 Å². The monoisotopic (exact) mass is 490 g/mol. The van der Waals surface area contributed by atoms with Crippen molar-refractivity contribution in [1.29, 1.82) is 0 Å². The lowest BCUT2D eigenvalue weighted by Crippen LogP contribution is -2.49. The zero-order valence-corrected chi connectivity index (χ0v) is 19.1. The summed E-state index contributed by atoms with van der Waals surface area (Å²) in [5, 5.41) is 6.65. The minimum absolute atomic E-state index is 0. The second kappa shape index (κ2) is 14.1. The lowest BCUT2D eigenvalue weighted by atomic mass is 10.2. The predicted molar refractivity (Wildman–Crippen MR) is 122 cm³/mol. The molecule has 0 saturated carbocycles. The Morgan fingerprint density at radius 3 is 2.81 bits per heavy atom. The molecule has 27 heavy (non-hydrogen) atoms. The number of hydrogen-bond donors (Lipinski definition) is 2. The maximum atomic E-state index is 5.72. The highest BCUT2D eigenvalue weighted by atomic mass is 127. The largest absolute Gasteiger partial charge is 0.379 e. The maximum absolute atomic E-state index is 5.72. The van der Waals surface area contributed by atoms with Gasteiger partial charge in [0.15, 0.2) is 5.96 Å². The molecule has 0 amide bonds. The zero-order valence-electron chi connectivity index (χ0n) is 16.8. The summed E-state index contributed by atoms with van der Waals surface area (Å²) in [4.78, 5) is 7.21. The number of nitrogens with zero attached hydrogens (tertiary/aromatic N) is 2. The molecule has 0 radical (unpaired) electrons. The molecule has 0 aromatic heterocycles. The van der Waals surface area contributed by atoms with Gasteiger partial charge in [-0.05, 0) is 26.3 Å². The molecule has 6 nitrogen and oxygen atoms in total. The molecule has 1 aromatic carbocycles. The van der Waals surface area contributed by atoms with Crippen LogP contribution in [-0.4, -0.2) is 68.9 Å². The van der Waals surface area contributed by atoms with E-state index in [-0.39, 0.29) is 24.0 Å². The fourth-order valence-corrected chi connectivity index (χ4v) is 3.07. The van der Waals surface area contributed by atoms with Crippen molar-refractivity contribution in [3.05, 3.63) is 35.9 Å². The first kappa shape index (κ1) is 24.1. The second-order valence-corrected chi connectivity index (χ2v) is 6.70. The summed E-state index contributed by atoms with van der Waals surface area (Å²) >= 11 is 0. The van der Waals surface area contributed by atoms with Crippen LogP contribution in [0.25, 0.3) is 0 Å².